The molecule has 0 fully saturated rings. The molecule has 3 rings (SSSR count). The Morgan fingerprint density at radius 2 is 1.89 bits per heavy atom. The number of methoxy groups -OCH3 is 1. The lowest BCUT2D eigenvalue weighted by molar-refractivity contribution is -0.128. The van der Waals surface area contributed by atoms with Gasteiger partial charge in [0.25, 0.3) is 5.91 Å². The van der Waals surface area contributed by atoms with E-state index in [-0.39, 0.29) is 5.91 Å². The third-order valence-corrected chi connectivity index (χ3v) is 5.11. The lowest BCUT2D eigenvalue weighted by atomic mass is 10.0. The minimum atomic E-state index is -0.521. The molecule has 1 amide bonds. The quantitative estimate of drug-likeness (QED) is 0.670. The first kappa shape index (κ1) is 20.1. The molecule has 0 saturated heterocycles. The number of nitrogens with zero attached hydrogens (tertiary/aromatic N) is 1. The first-order chi connectivity index (χ1) is 13.7. The Hall–Kier alpha value is -2.69. The van der Waals surface area contributed by atoms with E-state index in [1.165, 1.54) is 17.7 Å². The molecule has 0 spiro atoms. The average Bonchev–Trinajstić information content (AvgIpc) is 2.75. The molecular weight excluding hydrogens is 352 g/mol. The highest BCUT2D eigenvalue weighted by atomic mass is 16.5. The number of hydrogen-bond acceptors (Lipinski definition) is 4. The van der Waals surface area contributed by atoms with E-state index < -0.39 is 6.10 Å². The molecule has 5 nitrogen and oxygen atoms in total. The number of aryl methyl sites for hydroxylation is 1. The van der Waals surface area contributed by atoms with Crippen LogP contribution in [0.4, 0.5) is 5.69 Å². The maximum atomic E-state index is 12.5. The number of para-hydroxylation sites is 3. The zero-order chi connectivity index (χ0) is 19.8. The average molecular weight is 383 g/mol. The molecule has 1 atom stereocenters. The van der Waals surface area contributed by atoms with Crippen LogP contribution in [0.1, 0.15) is 31.7 Å². The van der Waals surface area contributed by atoms with Crippen LogP contribution in [0.15, 0.2) is 48.5 Å². The molecule has 0 aliphatic carbocycles. The molecule has 0 bridgehead atoms. The van der Waals surface area contributed by atoms with Gasteiger partial charge in [-0.2, -0.15) is 0 Å². The molecule has 1 N–H and O–H groups in total. The van der Waals surface area contributed by atoms with Gasteiger partial charge in [-0.1, -0.05) is 37.3 Å². The topological polar surface area (TPSA) is 50.8 Å². The van der Waals surface area contributed by atoms with E-state index in [9.17, 15) is 4.79 Å². The van der Waals surface area contributed by atoms with Crippen LogP contribution in [-0.2, 0) is 11.2 Å². The Balaban J connectivity index is 1.47. The van der Waals surface area contributed by atoms with Crippen LogP contribution >= 0.6 is 0 Å². The van der Waals surface area contributed by atoms with Crippen molar-refractivity contribution in [2.75, 3.05) is 31.6 Å². The molecular formula is C23H30N2O3. The van der Waals surface area contributed by atoms with E-state index in [1.54, 1.807) is 7.11 Å². The molecule has 150 valence electrons. The van der Waals surface area contributed by atoms with Crippen LogP contribution in [0.25, 0.3) is 0 Å². The van der Waals surface area contributed by atoms with E-state index >= 15 is 0 Å². The summed E-state index contributed by atoms with van der Waals surface area (Å²) in [4.78, 5) is 15.0. The van der Waals surface area contributed by atoms with E-state index in [2.05, 4.69) is 34.5 Å². The summed E-state index contributed by atoms with van der Waals surface area (Å²) in [6.07, 6.45) is 3.33. The summed E-state index contributed by atoms with van der Waals surface area (Å²) in [5, 5.41) is 3.02. The molecule has 2 aromatic carbocycles. The summed E-state index contributed by atoms with van der Waals surface area (Å²) in [6, 6.07) is 16.0. The predicted octanol–water partition coefficient (Wildman–Crippen LogP) is 3.81. The van der Waals surface area contributed by atoms with Crippen molar-refractivity contribution >= 4 is 11.6 Å². The highest BCUT2D eigenvalue weighted by Crippen LogP contribution is 2.28. The van der Waals surface area contributed by atoms with E-state index in [4.69, 9.17) is 9.47 Å². The van der Waals surface area contributed by atoms with Gasteiger partial charge < -0.3 is 19.7 Å². The van der Waals surface area contributed by atoms with Crippen molar-refractivity contribution in [3.05, 3.63) is 54.1 Å². The second-order valence-corrected chi connectivity index (χ2v) is 7.03. The Morgan fingerprint density at radius 3 is 2.68 bits per heavy atom. The van der Waals surface area contributed by atoms with Gasteiger partial charge in [0.15, 0.2) is 17.6 Å². The van der Waals surface area contributed by atoms with Crippen LogP contribution in [0.2, 0.25) is 0 Å². The highest BCUT2D eigenvalue weighted by molar-refractivity contribution is 5.81. The normalized spacial score (nSPS) is 14.1. The third-order valence-electron chi connectivity index (χ3n) is 5.11. The molecule has 2 aromatic rings. The van der Waals surface area contributed by atoms with Crippen molar-refractivity contribution in [2.24, 2.45) is 0 Å². The predicted molar refractivity (Wildman–Crippen MR) is 112 cm³/mol. The Kier molecular flexibility index (Phi) is 7.18. The minimum absolute atomic E-state index is 0.0764. The molecule has 0 unspecified atom stereocenters. The van der Waals surface area contributed by atoms with Crippen LogP contribution in [0, 0.1) is 0 Å². The number of amides is 1. The van der Waals surface area contributed by atoms with Gasteiger partial charge in [0.2, 0.25) is 0 Å². The van der Waals surface area contributed by atoms with Crippen LogP contribution in [0.5, 0.6) is 11.5 Å². The molecule has 0 aromatic heterocycles. The minimum Gasteiger partial charge on any atom is -0.493 e. The monoisotopic (exact) mass is 382 g/mol. The fourth-order valence-electron chi connectivity index (χ4n) is 3.63. The number of carbonyl (C=O) groups excluding carboxylic acids is 1. The Bertz CT molecular complexity index is 778. The number of fused-ring (bicyclic) bond motifs is 1. The van der Waals surface area contributed by atoms with Crippen molar-refractivity contribution in [1.82, 2.24) is 5.32 Å². The van der Waals surface area contributed by atoms with E-state index in [0.29, 0.717) is 24.5 Å². The lowest BCUT2D eigenvalue weighted by Crippen LogP contribution is -2.39. The summed E-state index contributed by atoms with van der Waals surface area (Å²) in [6.45, 7) is 4.62. The fourth-order valence-corrected chi connectivity index (χ4v) is 3.63. The summed E-state index contributed by atoms with van der Waals surface area (Å²) < 4.78 is 11.2. The first-order valence-electron chi connectivity index (χ1n) is 10.1. The number of hydrogen-bond donors (Lipinski definition) is 1. The second kappa shape index (κ2) is 10.0. The zero-order valence-electron chi connectivity index (χ0n) is 16.8. The highest BCUT2D eigenvalue weighted by Gasteiger charge is 2.20. The van der Waals surface area contributed by atoms with Crippen LogP contribution in [0.3, 0.4) is 0 Å². The van der Waals surface area contributed by atoms with Gasteiger partial charge in [0.1, 0.15) is 0 Å². The first-order valence-corrected chi connectivity index (χ1v) is 10.1. The van der Waals surface area contributed by atoms with E-state index in [0.717, 1.165) is 25.9 Å². The van der Waals surface area contributed by atoms with E-state index in [1.807, 2.05) is 31.2 Å². The maximum absolute atomic E-state index is 12.5. The summed E-state index contributed by atoms with van der Waals surface area (Å²) in [5.74, 6) is 1.15. The SMILES string of the molecule is CC[C@H](Oc1ccccc1OC)C(=O)NCCCN1CCCc2ccccc21. The van der Waals surface area contributed by atoms with Crippen molar-refractivity contribution in [1.29, 1.82) is 0 Å². The number of nitrogens with one attached hydrogen (secondary N) is 1. The van der Waals surface area contributed by atoms with Gasteiger partial charge in [-0.15, -0.1) is 0 Å². The summed E-state index contributed by atoms with van der Waals surface area (Å²) >= 11 is 0. The van der Waals surface area contributed by atoms with Crippen molar-refractivity contribution < 1.29 is 14.3 Å². The molecule has 1 aliphatic rings. The van der Waals surface area contributed by atoms with Gasteiger partial charge in [0, 0.05) is 25.3 Å². The molecule has 1 heterocycles. The number of carbonyl (C=O) groups is 1. The third kappa shape index (κ3) is 4.97. The lowest BCUT2D eigenvalue weighted by Gasteiger charge is -2.31. The van der Waals surface area contributed by atoms with Gasteiger partial charge in [-0.3, -0.25) is 4.79 Å². The Morgan fingerprint density at radius 1 is 1.14 bits per heavy atom. The molecule has 28 heavy (non-hydrogen) atoms. The summed E-state index contributed by atoms with van der Waals surface area (Å²) in [7, 11) is 1.60. The number of benzene rings is 2. The second-order valence-electron chi connectivity index (χ2n) is 7.03. The van der Waals surface area contributed by atoms with Gasteiger partial charge in [-0.05, 0) is 49.4 Å². The van der Waals surface area contributed by atoms with Gasteiger partial charge in [0.05, 0.1) is 7.11 Å². The maximum Gasteiger partial charge on any atom is 0.261 e. The van der Waals surface area contributed by atoms with Crippen molar-refractivity contribution in [2.45, 2.75) is 38.7 Å². The van der Waals surface area contributed by atoms with Crippen molar-refractivity contribution in [3.8, 4) is 11.5 Å². The zero-order valence-corrected chi connectivity index (χ0v) is 16.8. The number of rotatable bonds is 9. The molecule has 5 heteroatoms. The van der Waals surface area contributed by atoms with Gasteiger partial charge in [-0.25, -0.2) is 0 Å². The Labute approximate surface area is 167 Å². The standard InChI is InChI=1S/C23H30N2O3/c1-3-20(28-22-14-7-6-13-21(22)27-2)23(26)24-15-9-17-25-16-8-11-18-10-4-5-12-19(18)25/h4-7,10,12-14,20H,3,8-9,11,15-17H2,1-2H3,(H,24,26)/t20-/m0/s1. The van der Waals surface area contributed by atoms with Gasteiger partial charge >= 0.3 is 0 Å². The molecule has 1 aliphatic heterocycles. The largest absolute Gasteiger partial charge is 0.493 e. The smallest absolute Gasteiger partial charge is 0.261 e. The van der Waals surface area contributed by atoms with Crippen LogP contribution < -0.4 is 19.7 Å². The van der Waals surface area contributed by atoms with Crippen LogP contribution in [-0.4, -0.2) is 38.8 Å². The van der Waals surface area contributed by atoms with Crippen molar-refractivity contribution in [3.63, 3.8) is 0 Å². The summed E-state index contributed by atoms with van der Waals surface area (Å²) in [5.41, 5.74) is 2.76. The number of ether oxygens (including phenoxy) is 2. The molecule has 0 saturated carbocycles. The fraction of sp³-hybridized carbons (Fsp3) is 0.435. The molecule has 0 radical (unpaired) electrons. The number of anilines is 1.